The molecule has 0 spiro atoms. The number of aryl methyl sites for hydroxylation is 1. The van der Waals surface area contributed by atoms with Gasteiger partial charge in [0.05, 0.1) is 11.2 Å². The lowest BCUT2D eigenvalue weighted by atomic mass is 10.2. The third-order valence-electron chi connectivity index (χ3n) is 3.65. The maximum absolute atomic E-state index is 11.8. The zero-order valence-electron chi connectivity index (χ0n) is 13.8. The minimum atomic E-state index is -0.786. The van der Waals surface area contributed by atoms with E-state index in [2.05, 4.69) is 10.3 Å². The molecule has 2 aromatic rings. The predicted octanol–water partition coefficient (Wildman–Crippen LogP) is 3.69. The van der Waals surface area contributed by atoms with E-state index in [9.17, 15) is 9.59 Å². The second kappa shape index (κ2) is 9.84. The molecule has 7 heteroatoms. The van der Waals surface area contributed by atoms with E-state index in [0.717, 1.165) is 18.4 Å². The summed E-state index contributed by atoms with van der Waals surface area (Å²) in [6, 6.07) is 7.34. The monoisotopic (exact) mass is 364 g/mol. The van der Waals surface area contributed by atoms with E-state index in [1.807, 2.05) is 18.2 Å². The Morgan fingerprint density at radius 2 is 1.96 bits per heavy atom. The molecule has 0 aliphatic heterocycles. The van der Waals surface area contributed by atoms with Gasteiger partial charge in [-0.15, -0.1) is 0 Å². The van der Waals surface area contributed by atoms with Crippen molar-refractivity contribution in [3.05, 3.63) is 41.4 Å². The number of unbranched alkanes of at least 4 members (excludes halogenated alkanes) is 2. The largest absolute Gasteiger partial charge is 0.481 e. The van der Waals surface area contributed by atoms with Crippen molar-refractivity contribution in [2.24, 2.45) is 0 Å². The number of aromatic nitrogens is 1. The van der Waals surface area contributed by atoms with Crippen LogP contribution in [0.15, 0.2) is 34.9 Å². The standard InChI is InChI=1S/C18H21ClN2O4/c19-14-7-4-3-6-13(14)15-12-21-17(25-15)10-9-16(22)20-11-5-1-2-8-18(23)24/h3-4,6-7,12H,1-2,5,8-11H2,(H,20,22)(H,23,24). The van der Waals surface area contributed by atoms with Gasteiger partial charge in [-0.1, -0.05) is 30.2 Å². The van der Waals surface area contributed by atoms with E-state index in [-0.39, 0.29) is 18.7 Å². The molecule has 0 bridgehead atoms. The molecular formula is C18H21ClN2O4. The van der Waals surface area contributed by atoms with Crippen molar-refractivity contribution in [2.45, 2.75) is 38.5 Å². The number of hydrogen-bond acceptors (Lipinski definition) is 4. The van der Waals surface area contributed by atoms with Crippen molar-refractivity contribution in [1.82, 2.24) is 10.3 Å². The van der Waals surface area contributed by atoms with Gasteiger partial charge in [-0.05, 0) is 25.0 Å². The van der Waals surface area contributed by atoms with Gasteiger partial charge in [-0.25, -0.2) is 4.98 Å². The summed E-state index contributed by atoms with van der Waals surface area (Å²) < 4.78 is 5.65. The maximum Gasteiger partial charge on any atom is 0.303 e. The van der Waals surface area contributed by atoms with Crippen LogP contribution in [0.4, 0.5) is 0 Å². The van der Waals surface area contributed by atoms with Gasteiger partial charge in [0.1, 0.15) is 0 Å². The molecule has 1 amide bonds. The highest BCUT2D eigenvalue weighted by Gasteiger charge is 2.11. The molecule has 0 aliphatic carbocycles. The fourth-order valence-corrected chi connectivity index (χ4v) is 2.55. The Balaban J connectivity index is 1.69. The Morgan fingerprint density at radius 3 is 2.72 bits per heavy atom. The van der Waals surface area contributed by atoms with Gasteiger partial charge in [-0.2, -0.15) is 0 Å². The number of aliphatic carboxylic acids is 1. The van der Waals surface area contributed by atoms with Crippen molar-refractivity contribution < 1.29 is 19.1 Å². The number of nitrogens with one attached hydrogen (secondary N) is 1. The zero-order chi connectivity index (χ0) is 18.1. The van der Waals surface area contributed by atoms with E-state index in [4.69, 9.17) is 21.1 Å². The number of rotatable bonds is 10. The number of oxazole rings is 1. The van der Waals surface area contributed by atoms with Gasteiger partial charge in [-0.3, -0.25) is 9.59 Å². The van der Waals surface area contributed by atoms with Gasteiger partial charge in [0, 0.05) is 31.4 Å². The maximum atomic E-state index is 11.8. The summed E-state index contributed by atoms with van der Waals surface area (Å²) in [6.07, 6.45) is 4.67. The van der Waals surface area contributed by atoms with Crippen LogP contribution in [-0.4, -0.2) is 28.5 Å². The molecular weight excluding hydrogens is 344 g/mol. The molecule has 2 N–H and O–H groups in total. The first-order chi connectivity index (χ1) is 12.1. The number of carboxylic acid groups (broad SMARTS) is 1. The van der Waals surface area contributed by atoms with Crippen molar-refractivity contribution in [1.29, 1.82) is 0 Å². The molecule has 1 aromatic heterocycles. The van der Waals surface area contributed by atoms with Crippen LogP contribution in [-0.2, 0) is 16.0 Å². The van der Waals surface area contributed by atoms with E-state index in [1.165, 1.54) is 0 Å². The van der Waals surface area contributed by atoms with Gasteiger partial charge in [0.15, 0.2) is 11.7 Å². The molecule has 0 fully saturated rings. The Kier molecular flexibility index (Phi) is 7.47. The van der Waals surface area contributed by atoms with Crippen LogP contribution in [0, 0.1) is 0 Å². The van der Waals surface area contributed by atoms with E-state index in [1.54, 1.807) is 12.3 Å². The van der Waals surface area contributed by atoms with Crippen molar-refractivity contribution >= 4 is 23.5 Å². The fourth-order valence-electron chi connectivity index (χ4n) is 2.33. The number of carbonyl (C=O) groups is 2. The molecule has 134 valence electrons. The topological polar surface area (TPSA) is 92.4 Å². The first kappa shape index (κ1) is 19.0. The van der Waals surface area contributed by atoms with Crippen molar-refractivity contribution in [3.63, 3.8) is 0 Å². The molecule has 25 heavy (non-hydrogen) atoms. The summed E-state index contributed by atoms with van der Waals surface area (Å²) in [5.41, 5.74) is 0.772. The molecule has 0 saturated carbocycles. The lowest BCUT2D eigenvalue weighted by molar-refractivity contribution is -0.137. The fraction of sp³-hybridized carbons (Fsp3) is 0.389. The van der Waals surface area contributed by atoms with Crippen LogP contribution < -0.4 is 5.32 Å². The molecule has 0 unspecified atom stereocenters. The highest BCUT2D eigenvalue weighted by molar-refractivity contribution is 6.33. The first-order valence-electron chi connectivity index (χ1n) is 8.24. The molecule has 0 radical (unpaired) electrons. The second-order valence-electron chi connectivity index (χ2n) is 5.65. The summed E-state index contributed by atoms with van der Waals surface area (Å²) in [6.45, 7) is 0.551. The normalized spacial score (nSPS) is 10.6. The quantitative estimate of drug-likeness (QED) is 0.627. The molecule has 1 heterocycles. The van der Waals surface area contributed by atoms with Crippen LogP contribution in [0.3, 0.4) is 0 Å². The van der Waals surface area contributed by atoms with Crippen molar-refractivity contribution in [3.8, 4) is 11.3 Å². The predicted molar refractivity (Wildman–Crippen MR) is 94.4 cm³/mol. The third-order valence-corrected chi connectivity index (χ3v) is 3.98. The van der Waals surface area contributed by atoms with Crippen molar-refractivity contribution in [2.75, 3.05) is 6.54 Å². The number of amides is 1. The molecule has 0 aliphatic rings. The molecule has 2 rings (SSSR count). The summed E-state index contributed by atoms with van der Waals surface area (Å²) >= 11 is 6.12. The first-order valence-corrected chi connectivity index (χ1v) is 8.62. The third kappa shape index (κ3) is 6.58. The molecule has 0 saturated heterocycles. The average Bonchev–Trinajstić information content (AvgIpc) is 3.05. The van der Waals surface area contributed by atoms with E-state index >= 15 is 0 Å². The summed E-state index contributed by atoms with van der Waals surface area (Å²) in [5.74, 6) is 0.216. The van der Waals surface area contributed by atoms with E-state index in [0.29, 0.717) is 36.1 Å². The van der Waals surface area contributed by atoms with Crippen LogP contribution in [0.1, 0.15) is 38.0 Å². The highest BCUT2D eigenvalue weighted by Crippen LogP contribution is 2.28. The minimum absolute atomic E-state index is 0.0734. The van der Waals surface area contributed by atoms with Crippen LogP contribution in [0.25, 0.3) is 11.3 Å². The summed E-state index contributed by atoms with van der Waals surface area (Å²) in [4.78, 5) is 26.4. The van der Waals surface area contributed by atoms with Gasteiger partial charge >= 0.3 is 5.97 Å². The lowest BCUT2D eigenvalue weighted by Crippen LogP contribution is -2.24. The smallest absolute Gasteiger partial charge is 0.303 e. The Labute approximate surface area is 151 Å². The van der Waals surface area contributed by atoms with Gasteiger partial charge in [0.2, 0.25) is 5.91 Å². The Morgan fingerprint density at radius 1 is 1.16 bits per heavy atom. The minimum Gasteiger partial charge on any atom is -0.481 e. The SMILES string of the molecule is O=C(O)CCCCCNC(=O)CCc1ncc(-c2ccccc2Cl)o1. The number of halogens is 1. The summed E-state index contributed by atoms with van der Waals surface area (Å²) in [5, 5.41) is 11.9. The molecule has 6 nitrogen and oxygen atoms in total. The zero-order valence-corrected chi connectivity index (χ0v) is 14.6. The molecule has 0 atom stereocenters. The Hall–Kier alpha value is -2.34. The van der Waals surface area contributed by atoms with Gasteiger partial charge in [0.25, 0.3) is 0 Å². The Bertz CT molecular complexity index is 715. The average molecular weight is 365 g/mol. The summed E-state index contributed by atoms with van der Waals surface area (Å²) in [7, 11) is 0. The second-order valence-corrected chi connectivity index (χ2v) is 6.06. The number of carboxylic acids is 1. The number of carbonyl (C=O) groups excluding carboxylic acids is 1. The highest BCUT2D eigenvalue weighted by atomic mass is 35.5. The number of benzene rings is 1. The van der Waals surface area contributed by atoms with Crippen LogP contribution >= 0.6 is 11.6 Å². The van der Waals surface area contributed by atoms with Crippen LogP contribution in [0.5, 0.6) is 0 Å². The van der Waals surface area contributed by atoms with Crippen LogP contribution in [0.2, 0.25) is 5.02 Å². The molecule has 1 aromatic carbocycles. The van der Waals surface area contributed by atoms with Gasteiger partial charge < -0.3 is 14.8 Å². The number of hydrogen-bond donors (Lipinski definition) is 2. The lowest BCUT2D eigenvalue weighted by Gasteiger charge is -2.04. The number of nitrogens with zero attached hydrogens (tertiary/aromatic N) is 1. The van der Waals surface area contributed by atoms with E-state index < -0.39 is 5.97 Å².